The summed E-state index contributed by atoms with van der Waals surface area (Å²) in [6, 6.07) is 15.3. The molecule has 0 unspecified atom stereocenters. The predicted octanol–water partition coefficient (Wildman–Crippen LogP) is 4.49. The summed E-state index contributed by atoms with van der Waals surface area (Å²) < 4.78 is 47.2. The lowest BCUT2D eigenvalue weighted by molar-refractivity contribution is -0.274. The van der Waals surface area contributed by atoms with Crippen molar-refractivity contribution in [3.05, 3.63) is 59.7 Å². The van der Waals surface area contributed by atoms with Gasteiger partial charge in [-0.3, -0.25) is 0 Å². The van der Waals surface area contributed by atoms with E-state index in [1.807, 2.05) is 18.2 Å². The van der Waals surface area contributed by atoms with Gasteiger partial charge in [-0.05, 0) is 49.4 Å². The Hall–Kier alpha value is -2.25. The highest BCUT2D eigenvalue weighted by atomic mass is 19.4. The van der Waals surface area contributed by atoms with Gasteiger partial charge in [-0.25, -0.2) is 0 Å². The second-order valence-electron chi connectivity index (χ2n) is 7.75. The smallest absolute Gasteiger partial charge is 0.496 e. The predicted molar refractivity (Wildman–Crippen MR) is 104 cm³/mol. The number of alkyl halides is 3. The number of hydrogen-bond donors (Lipinski definition) is 2. The number of piperidine rings is 1. The van der Waals surface area contributed by atoms with E-state index in [0.29, 0.717) is 23.9 Å². The van der Waals surface area contributed by atoms with Gasteiger partial charge in [0.2, 0.25) is 0 Å². The van der Waals surface area contributed by atoms with Gasteiger partial charge in [0.1, 0.15) is 11.5 Å². The number of methoxy groups -OCH3 is 1. The van der Waals surface area contributed by atoms with E-state index >= 15 is 0 Å². The summed E-state index contributed by atoms with van der Waals surface area (Å²) in [7, 11) is 1.51. The molecule has 0 aliphatic carbocycles. The molecule has 7 heteroatoms. The van der Waals surface area contributed by atoms with Gasteiger partial charge in [0, 0.05) is 24.2 Å². The van der Waals surface area contributed by atoms with Gasteiger partial charge in [0.15, 0.2) is 0 Å². The van der Waals surface area contributed by atoms with Crippen molar-refractivity contribution in [1.29, 1.82) is 0 Å². The molecule has 0 amide bonds. The van der Waals surface area contributed by atoms with Crippen molar-refractivity contribution < 1.29 is 22.6 Å². The highest BCUT2D eigenvalue weighted by Crippen LogP contribution is 2.43. The first kappa shape index (κ1) is 20.0. The first-order valence-corrected chi connectivity index (χ1v) is 9.89. The summed E-state index contributed by atoms with van der Waals surface area (Å²) in [6.45, 7) is 0.393. The Labute approximate surface area is 168 Å². The average molecular weight is 406 g/mol. The summed E-state index contributed by atoms with van der Waals surface area (Å²) in [5.41, 5.74) is 1.73. The summed E-state index contributed by atoms with van der Waals surface area (Å²) in [5.74, 6) is 0.296. The second-order valence-corrected chi connectivity index (χ2v) is 7.75. The molecule has 29 heavy (non-hydrogen) atoms. The van der Waals surface area contributed by atoms with Gasteiger partial charge in [0.05, 0.1) is 12.6 Å². The fraction of sp³-hybridized carbons (Fsp3) is 0.455. The van der Waals surface area contributed by atoms with Crippen molar-refractivity contribution in [2.75, 3.05) is 7.11 Å². The molecule has 3 atom stereocenters. The molecular formula is C22H25F3N2O2. The number of nitrogens with one attached hydrogen (secondary N) is 2. The van der Waals surface area contributed by atoms with E-state index in [1.54, 1.807) is 0 Å². The van der Waals surface area contributed by atoms with Crippen molar-refractivity contribution in [3.63, 3.8) is 0 Å². The van der Waals surface area contributed by atoms with Crippen LogP contribution in [0.25, 0.3) is 0 Å². The van der Waals surface area contributed by atoms with E-state index in [0.717, 1.165) is 25.7 Å². The number of halogens is 3. The Kier molecular flexibility index (Phi) is 5.44. The normalized spacial score (nSPS) is 26.3. The Morgan fingerprint density at radius 1 is 1.10 bits per heavy atom. The van der Waals surface area contributed by atoms with Crippen molar-refractivity contribution in [3.8, 4) is 11.5 Å². The number of fused-ring (bicyclic) bond motifs is 2. The monoisotopic (exact) mass is 406 g/mol. The summed E-state index contributed by atoms with van der Waals surface area (Å²) >= 11 is 0. The minimum Gasteiger partial charge on any atom is -0.496 e. The Bertz CT molecular complexity index is 844. The van der Waals surface area contributed by atoms with Crippen LogP contribution in [-0.4, -0.2) is 25.6 Å². The molecule has 2 aromatic rings. The van der Waals surface area contributed by atoms with Crippen molar-refractivity contribution in [2.45, 2.75) is 56.2 Å². The largest absolute Gasteiger partial charge is 0.573 e. The zero-order valence-corrected chi connectivity index (χ0v) is 16.3. The molecule has 2 saturated heterocycles. The molecule has 2 N–H and O–H groups in total. The molecule has 0 aromatic heterocycles. The molecule has 2 heterocycles. The molecule has 2 aromatic carbocycles. The molecule has 2 aliphatic heterocycles. The number of rotatable bonds is 6. The fourth-order valence-electron chi connectivity index (χ4n) is 4.78. The minimum atomic E-state index is -4.72. The van der Waals surface area contributed by atoms with E-state index in [9.17, 15) is 13.2 Å². The van der Waals surface area contributed by atoms with Crippen molar-refractivity contribution in [1.82, 2.24) is 10.6 Å². The average Bonchev–Trinajstić information content (AvgIpc) is 3.05. The van der Waals surface area contributed by atoms with E-state index in [4.69, 9.17) is 4.74 Å². The third-order valence-electron chi connectivity index (χ3n) is 6.06. The molecule has 4 nitrogen and oxygen atoms in total. The van der Waals surface area contributed by atoms with Crippen LogP contribution < -0.4 is 20.1 Å². The van der Waals surface area contributed by atoms with Crippen LogP contribution in [-0.2, 0) is 12.1 Å². The van der Waals surface area contributed by atoms with Crippen LogP contribution >= 0.6 is 0 Å². The van der Waals surface area contributed by atoms with Crippen molar-refractivity contribution in [2.24, 2.45) is 0 Å². The van der Waals surface area contributed by atoms with Gasteiger partial charge in [-0.2, -0.15) is 0 Å². The number of hydrogen-bond acceptors (Lipinski definition) is 4. The van der Waals surface area contributed by atoms with Crippen LogP contribution in [0.4, 0.5) is 13.2 Å². The van der Waals surface area contributed by atoms with Crippen LogP contribution in [0.3, 0.4) is 0 Å². The maximum absolute atomic E-state index is 12.6. The lowest BCUT2D eigenvalue weighted by atomic mass is 9.79. The summed E-state index contributed by atoms with van der Waals surface area (Å²) in [4.78, 5) is 0. The van der Waals surface area contributed by atoms with Gasteiger partial charge in [-0.15, -0.1) is 13.2 Å². The Morgan fingerprint density at radius 2 is 1.90 bits per heavy atom. The lowest BCUT2D eigenvalue weighted by Gasteiger charge is -2.43. The van der Waals surface area contributed by atoms with Gasteiger partial charge in [0.25, 0.3) is 0 Å². The Morgan fingerprint density at radius 3 is 2.62 bits per heavy atom. The highest BCUT2D eigenvalue weighted by Gasteiger charge is 2.48. The quantitative estimate of drug-likeness (QED) is 0.742. The van der Waals surface area contributed by atoms with Gasteiger partial charge in [-0.1, -0.05) is 30.3 Å². The third kappa shape index (κ3) is 4.21. The number of ether oxygens (including phenoxy) is 2. The number of benzene rings is 2. The second kappa shape index (κ2) is 7.88. The van der Waals surface area contributed by atoms with E-state index in [1.165, 1.54) is 30.9 Å². The molecule has 4 rings (SSSR count). The summed E-state index contributed by atoms with van der Waals surface area (Å²) in [5, 5.41) is 7.40. The molecule has 156 valence electrons. The topological polar surface area (TPSA) is 42.5 Å². The molecule has 0 spiro atoms. The zero-order chi connectivity index (χ0) is 20.5. The molecular weight excluding hydrogens is 381 g/mol. The van der Waals surface area contributed by atoms with Gasteiger partial charge >= 0.3 is 6.36 Å². The standard InChI is InChI=1S/C22H25F3N2O2/c1-28-19-9-8-18(29-22(23,24)25)13-15(19)14-26-20-10-7-17-11-12-21(20,27-17)16-5-3-2-4-6-16/h2-6,8-9,13,17,20,26-27H,7,10-12,14H2,1H3/t17-,20+,21+/m1/s1. The van der Waals surface area contributed by atoms with Crippen LogP contribution in [0.15, 0.2) is 48.5 Å². The minimum absolute atomic E-state index is 0.155. The molecule has 0 radical (unpaired) electrons. The van der Waals surface area contributed by atoms with Crippen LogP contribution in [0.2, 0.25) is 0 Å². The van der Waals surface area contributed by atoms with Crippen LogP contribution in [0.1, 0.15) is 36.8 Å². The Balaban J connectivity index is 1.55. The SMILES string of the molecule is COc1ccc(OC(F)(F)F)cc1CN[C@H]1CC[C@@H]2CC[C@@]1(c1ccccc1)N2. The maximum atomic E-state index is 12.6. The molecule has 2 aliphatic rings. The van der Waals surface area contributed by atoms with Gasteiger partial charge < -0.3 is 20.1 Å². The third-order valence-corrected chi connectivity index (χ3v) is 6.06. The highest BCUT2D eigenvalue weighted by molar-refractivity contribution is 5.40. The van der Waals surface area contributed by atoms with E-state index < -0.39 is 6.36 Å². The van der Waals surface area contributed by atoms with Crippen LogP contribution in [0, 0.1) is 0 Å². The van der Waals surface area contributed by atoms with Crippen molar-refractivity contribution >= 4 is 0 Å². The molecule has 0 saturated carbocycles. The maximum Gasteiger partial charge on any atom is 0.573 e. The molecule has 2 fully saturated rings. The van der Waals surface area contributed by atoms with E-state index in [-0.39, 0.29) is 17.3 Å². The lowest BCUT2D eigenvalue weighted by Crippen LogP contribution is -2.58. The summed E-state index contributed by atoms with van der Waals surface area (Å²) in [6.07, 6.45) is -0.462. The first-order valence-electron chi connectivity index (χ1n) is 9.89. The fourth-order valence-corrected chi connectivity index (χ4v) is 4.78. The molecule has 2 bridgehead atoms. The zero-order valence-electron chi connectivity index (χ0n) is 16.3. The van der Waals surface area contributed by atoms with Crippen LogP contribution in [0.5, 0.6) is 11.5 Å². The van der Waals surface area contributed by atoms with E-state index in [2.05, 4.69) is 27.5 Å². The first-order chi connectivity index (χ1) is 13.9.